The van der Waals surface area contributed by atoms with E-state index in [-0.39, 0.29) is 0 Å². The van der Waals surface area contributed by atoms with Gasteiger partial charge in [0.1, 0.15) is 0 Å². The maximum absolute atomic E-state index is 4.40. The van der Waals surface area contributed by atoms with Crippen molar-refractivity contribution >= 4 is 5.96 Å². The third-order valence-corrected chi connectivity index (χ3v) is 6.07. The summed E-state index contributed by atoms with van der Waals surface area (Å²) < 4.78 is 0. The first kappa shape index (κ1) is 20.2. The Labute approximate surface area is 165 Å². The van der Waals surface area contributed by atoms with Crippen LogP contribution in [0.25, 0.3) is 0 Å². The molecule has 0 radical (unpaired) electrons. The second-order valence-electron chi connectivity index (χ2n) is 8.42. The number of benzene rings is 1. The van der Waals surface area contributed by atoms with Crippen LogP contribution in [0.1, 0.15) is 43.7 Å². The fraction of sp³-hybridized carbons (Fsp3) is 0.682. The Morgan fingerprint density at radius 3 is 2.26 bits per heavy atom. The highest BCUT2D eigenvalue weighted by Crippen LogP contribution is 2.23. The summed E-state index contributed by atoms with van der Waals surface area (Å²) in [5, 5.41) is 7.07. The Balaban J connectivity index is 1.42. The Bertz CT molecular complexity index is 581. The van der Waals surface area contributed by atoms with Gasteiger partial charge in [-0.05, 0) is 49.8 Å². The zero-order valence-corrected chi connectivity index (χ0v) is 17.4. The van der Waals surface area contributed by atoms with E-state index in [1.165, 1.54) is 63.0 Å². The van der Waals surface area contributed by atoms with Crippen LogP contribution in [0.4, 0.5) is 0 Å². The van der Waals surface area contributed by atoms with Gasteiger partial charge < -0.3 is 15.5 Å². The lowest BCUT2D eigenvalue weighted by Crippen LogP contribution is -2.44. The molecule has 5 heteroatoms. The first-order valence-corrected chi connectivity index (χ1v) is 10.6. The molecule has 1 aromatic carbocycles. The van der Waals surface area contributed by atoms with Crippen LogP contribution in [0.3, 0.4) is 0 Å². The van der Waals surface area contributed by atoms with Crippen LogP contribution in [-0.2, 0) is 13.1 Å². The van der Waals surface area contributed by atoms with Crippen LogP contribution < -0.4 is 10.6 Å². The molecule has 1 aliphatic heterocycles. The molecule has 150 valence electrons. The van der Waals surface area contributed by atoms with Gasteiger partial charge in [0.15, 0.2) is 5.96 Å². The number of piperazine rings is 1. The third-order valence-electron chi connectivity index (χ3n) is 6.07. The van der Waals surface area contributed by atoms with Crippen LogP contribution in [0.2, 0.25) is 0 Å². The topological polar surface area (TPSA) is 42.9 Å². The van der Waals surface area contributed by atoms with E-state index in [0.29, 0.717) is 6.04 Å². The fourth-order valence-corrected chi connectivity index (χ4v) is 4.00. The average Bonchev–Trinajstić information content (AvgIpc) is 2.69. The SMILES string of the molecule is CN=C(NCc1ccc(CN2CCN(C)CC2)cc1)NC1CCC(C)CC1. The van der Waals surface area contributed by atoms with Crippen molar-refractivity contribution in [2.45, 2.75) is 51.7 Å². The summed E-state index contributed by atoms with van der Waals surface area (Å²) in [4.78, 5) is 9.35. The van der Waals surface area contributed by atoms with E-state index in [0.717, 1.165) is 25.0 Å². The molecule has 27 heavy (non-hydrogen) atoms. The minimum Gasteiger partial charge on any atom is -0.354 e. The highest BCUT2D eigenvalue weighted by atomic mass is 15.2. The summed E-state index contributed by atoms with van der Waals surface area (Å²) >= 11 is 0. The molecular weight excluding hydrogens is 334 g/mol. The standard InChI is InChI=1S/C22H37N5/c1-18-4-10-21(11-5-18)25-22(23-2)24-16-19-6-8-20(9-7-19)17-27-14-12-26(3)13-15-27/h6-9,18,21H,4-5,10-17H2,1-3H3,(H2,23,24,25). The summed E-state index contributed by atoms with van der Waals surface area (Å²) in [5.74, 6) is 1.80. The highest BCUT2D eigenvalue weighted by Gasteiger charge is 2.19. The van der Waals surface area contributed by atoms with E-state index >= 15 is 0 Å². The van der Waals surface area contributed by atoms with Crippen molar-refractivity contribution < 1.29 is 0 Å². The number of guanidine groups is 1. The Kier molecular flexibility index (Phi) is 7.53. The number of hydrogen-bond acceptors (Lipinski definition) is 3. The van der Waals surface area contributed by atoms with Gasteiger partial charge in [0.25, 0.3) is 0 Å². The first-order valence-electron chi connectivity index (χ1n) is 10.6. The lowest BCUT2D eigenvalue weighted by Gasteiger charge is -2.32. The van der Waals surface area contributed by atoms with E-state index in [9.17, 15) is 0 Å². The second-order valence-corrected chi connectivity index (χ2v) is 8.42. The molecule has 5 nitrogen and oxygen atoms in total. The van der Waals surface area contributed by atoms with E-state index < -0.39 is 0 Å². The number of hydrogen-bond donors (Lipinski definition) is 2. The molecule has 2 fully saturated rings. The zero-order valence-electron chi connectivity index (χ0n) is 17.4. The Hall–Kier alpha value is -1.59. The van der Waals surface area contributed by atoms with Gasteiger partial charge in [0, 0.05) is 52.4 Å². The molecule has 2 N–H and O–H groups in total. The van der Waals surface area contributed by atoms with Crippen LogP contribution in [0, 0.1) is 5.92 Å². The summed E-state index contributed by atoms with van der Waals surface area (Å²) in [6, 6.07) is 9.60. The van der Waals surface area contributed by atoms with Gasteiger partial charge in [-0.25, -0.2) is 0 Å². The molecule has 3 rings (SSSR count). The van der Waals surface area contributed by atoms with Gasteiger partial charge in [-0.2, -0.15) is 0 Å². The smallest absolute Gasteiger partial charge is 0.191 e. The molecule has 1 aromatic rings. The monoisotopic (exact) mass is 371 g/mol. The Morgan fingerprint density at radius 2 is 1.63 bits per heavy atom. The third kappa shape index (κ3) is 6.51. The van der Waals surface area contributed by atoms with Gasteiger partial charge in [-0.3, -0.25) is 9.89 Å². The lowest BCUT2D eigenvalue weighted by atomic mass is 9.87. The number of aliphatic imine (C=N–C) groups is 1. The fourth-order valence-electron chi connectivity index (χ4n) is 4.00. The molecule has 1 heterocycles. The number of nitrogens with one attached hydrogen (secondary N) is 2. The van der Waals surface area contributed by atoms with Crippen LogP contribution >= 0.6 is 0 Å². The van der Waals surface area contributed by atoms with Gasteiger partial charge in [0.05, 0.1) is 0 Å². The van der Waals surface area contributed by atoms with Gasteiger partial charge in [-0.15, -0.1) is 0 Å². The molecule has 2 aliphatic rings. The average molecular weight is 372 g/mol. The summed E-state index contributed by atoms with van der Waals surface area (Å²) in [7, 11) is 4.07. The second kappa shape index (κ2) is 10.1. The number of likely N-dealkylation sites (N-methyl/N-ethyl adjacent to an activating group) is 1. The minimum absolute atomic E-state index is 0.568. The van der Waals surface area contributed by atoms with Crippen LogP contribution in [0.15, 0.2) is 29.3 Å². The maximum atomic E-state index is 4.40. The van der Waals surface area contributed by atoms with Crippen molar-refractivity contribution in [2.75, 3.05) is 40.3 Å². The molecular formula is C22H37N5. The molecule has 0 amide bonds. The van der Waals surface area contributed by atoms with Crippen molar-refractivity contribution in [3.05, 3.63) is 35.4 Å². The molecule has 0 unspecified atom stereocenters. The number of rotatable bonds is 5. The van der Waals surface area contributed by atoms with Gasteiger partial charge in [-0.1, -0.05) is 31.2 Å². The predicted octanol–water partition coefficient (Wildman–Crippen LogP) is 2.68. The van der Waals surface area contributed by atoms with Crippen LogP contribution in [0.5, 0.6) is 0 Å². The van der Waals surface area contributed by atoms with Crippen molar-refractivity contribution in [3.63, 3.8) is 0 Å². The zero-order chi connectivity index (χ0) is 19.1. The molecule has 1 aliphatic carbocycles. The molecule has 1 saturated carbocycles. The Morgan fingerprint density at radius 1 is 1.00 bits per heavy atom. The first-order chi connectivity index (χ1) is 13.1. The van der Waals surface area contributed by atoms with E-state index in [2.05, 4.69) is 63.7 Å². The van der Waals surface area contributed by atoms with Gasteiger partial charge in [0.2, 0.25) is 0 Å². The quantitative estimate of drug-likeness (QED) is 0.617. The highest BCUT2D eigenvalue weighted by molar-refractivity contribution is 5.79. The van der Waals surface area contributed by atoms with E-state index in [4.69, 9.17) is 0 Å². The summed E-state index contributed by atoms with van der Waals surface area (Å²) in [6.45, 7) is 8.92. The van der Waals surface area contributed by atoms with Crippen molar-refractivity contribution in [3.8, 4) is 0 Å². The van der Waals surface area contributed by atoms with Crippen LogP contribution in [-0.4, -0.2) is 62.1 Å². The number of nitrogens with zero attached hydrogens (tertiary/aromatic N) is 3. The summed E-state index contributed by atoms with van der Waals surface area (Å²) in [6.07, 6.45) is 5.15. The minimum atomic E-state index is 0.568. The molecule has 0 spiro atoms. The predicted molar refractivity (Wildman–Crippen MR) is 114 cm³/mol. The largest absolute Gasteiger partial charge is 0.354 e. The normalized spacial score (nSPS) is 25.4. The van der Waals surface area contributed by atoms with E-state index in [1.54, 1.807) is 0 Å². The van der Waals surface area contributed by atoms with Crippen molar-refractivity contribution in [1.82, 2.24) is 20.4 Å². The molecule has 0 atom stereocenters. The van der Waals surface area contributed by atoms with Crippen molar-refractivity contribution in [2.24, 2.45) is 10.9 Å². The maximum Gasteiger partial charge on any atom is 0.191 e. The molecule has 1 saturated heterocycles. The van der Waals surface area contributed by atoms with E-state index in [1.807, 2.05) is 7.05 Å². The molecule has 0 bridgehead atoms. The van der Waals surface area contributed by atoms with Gasteiger partial charge >= 0.3 is 0 Å². The molecule has 0 aromatic heterocycles. The summed E-state index contributed by atoms with van der Waals surface area (Å²) in [5.41, 5.74) is 2.71. The van der Waals surface area contributed by atoms with Crippen molar-refractivity contribution in [1.29, 1.82) is 0 Å². The lowest BCUT2D eigenvalue weighted by molar-refractivity contribution is 0.148.